The first kappa shape index (κ1) is 13.4. The largest absolute Gasteiger partial charge is 0.356 e. The molecular formula is C9H22N4O. The van der Waals surface area contributed by atoms with E-state index in [-0.39, 0.29) is 11.9 Å². The molecule has 0 radical (unpaired) electrons. The minimum absolute atomic E-state index is 0.0156. The molecular weight excluding hydrogens is 180 g/mol. The summed E-state index contributed by atoms with van der Waals surface area (Å²) in [5, 5.41) is 4.63. The SMILES string of the molecule is CCCNC(=O)CC(CN)NN(C)C. The second-order valence-electron chi connectivity index (χ2n) is 3.51. The lowest BCUT2D eigenvalue weighted by Gasteiger charge is -2.21. The Morgan fingerprint density at radius 3 is 2.57 bits per heavy atom. The second kappa shape index (κ2) is 7.73. The van der Waals surface area contributed by atoms with Crippen LogP contribution in [0.2, 0.25) is 0 Å². The van der Waals surface area contributed by atoms with Crippen molar-refractivity contribution >= 4 is 5.91 Å². The van der Waals surface area contributed by atoms with Crippen LogP contribution in [0.4, 0.5) is 0 Å². The number of nitrogens with two attached hydrogens (primary N) is 1. The number of hydrazine groups is 1. The third-order valence-electron chi connectivity index (χ3n) is 1.73. The minimum Gasteiger partial charge on any atom is -0.356 e. The first-order valence-corrected chi connectivity index (χ1v) is 5.00. The Morgan fingerprint density at radius 1 is 1.50 bits per heavy atom. The highest BCUT2D eigenvalue weighted by Crippen LogP contribution is 1.90. The van der Waals surface area contributed by atoms with E-state index in [2.05, 4.69) is 10.7 Å². The summed E-state index contributed by atoms with van der Waals surface area (Å²) in [5.41, 5.74) is 8.61. The standard InChI is InChI=1S/C9H22N4O/c1-4-5-11-9(14)6-8(7-10)12-13(2)3/h8,12H,4-7,10H2,1-3H3,(H,11,14). The van der Waals surface area contributed by atoms with Crippen molar-refractivity contribution in [2.45, 2.75) is 25.8 Å². The lowest BCUT2D eigenvalue weighted by atomic mass is 10.2. The molecule has 0 aliphatic rings. The van der Waals surface area contributed by atoms with Crippen molar-refractivity contribution in [1.82, 2.24) is 15.8 Å². The normalized spacial score (nSPS) is 12.9. The fraction of sp³-hybridized carbons (Fsp3) is 0.889. The molecule has 5 nitrogen and oxygen atoms in total. The smallest absolute Gasteiger partial charge is 0.221 e. The zero-order valence-corrected chi connectivity index (χ0v) is 9.34. The van der Waals surface area contributed by atoms with Crippen LogP contribution in [0, 0.1) is 0 Å². The van der Waals surface area contributed by atoms with Gasteiger partial charge in [-0.15, -0.1) is 0 Å². The molecule has 0 heterocycles. The van der Waals surface area contributed by atoms with Gasteiger partial charge in [0.15, 0.2) is 0 Å². The molecule has 0 aliphatic heterocycles. The summed E-state index contributed by atoms with van der Waals surface area (Å²) in [4.78, 5) is 11.3. The Labute approximate surface area is 86.0 Å². The van der Waals surface area contributed by atoms with E-state index in [4.69, 9.17) is 5.73 Å². The van der Waals surface area contributed by atoms with Crippen LogP contribution >= 0.6 is 0 Å². The highest BCUT2D eigenvalue weighted by molar-refractivity contribution is 5.76. The molecule has 0 aromatic heterocycles. The molecule has 0 aromatic carbocycles. The van der Waals surface area contributed by atoms with E-state index in [9.17, 15) is 4.79 Å². The first-order valence-electron chi connectivity index (χ1n) is 5.00. The van der Waals surface area contributed by atoms with Crippen LogP contribution in [0.3, 0.4) is 0 Å². The van der Waals surface area contributed by atoms with Gasteiger partial charge in [0.05, 0.1) is 0 Å². The number of hydrogen-bond acceptors (Lipinski definition) is 4. The number of carbonyl (C=O) groups is 1. The van der Waals surface area contributed by atoms with Crippen molar-refractivity contribution in [3.8, 4) is 0 Å². The van der Waals surface area contributed by atoms with Crippen molar-refractivity contribution in [2.24, 2.45) is 5.73 Å². The molecule has 14 heavy (non-hydrogen) atoms. The summed E-state index contributed by atoms with van der Waals surface area (Å²) in [7, 11) is 3.76. The van der Waals surface area contributed by atoms with E-state index >= 15 is 0 Å². The molecule has 0 aliphatic carbocycles. The topological polar surface area (TPSA) is 70.4 Å². The maximum absolute atomic E-state index is 11.3. The van der Waals surface area contributed by atoms with Crippen molar-refractivity contribution < 1.29 is 4.79 Å². The van der Waals surface area contributed by atoms with E-state index < -0.39 is 0 Å². The van der Waals surface area contributed by atoms with Crippen LogP contribution < -0.4 is 16.5 Å². The lowest BCUT2D eigenvalue weighted by Crippen LogP contribution is -2.46. The summed E-state index contributed by atoms with van der Waals surface area (Å²) in [5.74, 6) is 0.0525. The van der Waals surface area contributed by atoms with E-state index in [1.807, 2.05) is 26.0 Å². The molecule has 1 amide bonds. The van der Waals surface area contributed by atoms with Crippen LogP contribution in [-0.2, 0) is 4.79 Å². The average Bonchev–Trinajstić information content (AvgIpc) is 2.12. The van der Waals surface area contributed by atoms with Crippen molar-refractivity contribution in [3.63, 3.8) is 0 Å². The van der Waals surface area contributed by atoms with Gasteiger partial charge in [-0.2, -0.15) is 0 Å². The third-order valence-corrected chi connectivity index (χ3v) is 1.73. The molecule has 5 heteroatoms. The van der Waals surface area contributed by atoms with Crippen LogP contribution in [-0.4, -0.2) is 44.1 Å². The van der Waals surface area contributed by atoms with Gasteiger partial charge in [-0.25, -0.2) is 0 Å². The van der Waals surface area contributed by atoms with E-state index in [1.54, 1.807) is 0 Å². The number of amides is 1. The maximum atomic E-state index is 11.3. The molecule has 0 saturated heterocycles. The first-order chi connectivity index (χ1) is 6.60. The van der Waals surface area contributed by atoms with Crippen LogP contribution in [0.25, 0.3) is 0 Å². The van der Waals surface area contributed by atoms with E-state index in [0.29, 0.717) is 13.0 Å². The molecule has 0 rings (SSSR count). The number of nitrogens with one attached hydrogen (secondary N) is 2. The highest BCUT2D eigenvalue weighted by Gasteiger charge is 2.11. The number of rotatable bonds is 7. The number of hydrogen-bond donors (Lipinski definition) is 3. The van der Waals surface area contributed by atoms with Gasteiger partial charge in [-0.1, -0.05) is 6.92 Å². The number of carbonyl (C=O) groups excluding carboxylic acids is 1. The maximum Gasteiger partial charge on any atom is 0.221 e. The Balaban J connectivity index is 3.74. The summed E-state index contributed by atoms with van der Waals surface area (Å²) in [6.07, 6.45) is 1.38. The van der Waals surface area contributed by atoms with Crippen molar-refractivity contribution in [1.29, 1.82) is 0 Å². The zero-order chi connectivity index (χ0) is 11.0. The molecule has 0 saturated carbocycles. The number of nitrogens with zero attached hydrogens (tertiary/aromatic N) is 1. The van der Waals surface area contributed by atoms with Crippen LogP contribution in [0.1, 0.15) is 19.8 Å². The molecule has 0 fully saturated rings. The van der Waals surface area contributed by atoms with Gasteiger partial charge in [-0.05, 0) is 6.42 Å². The highest BCUT2D eigenvalue weighted by atomic mass is 16.1. The van der Waals surface area contributed by atoms with E-state index in [1.165, 1.54) is 0 Å². The van der Waals surface area contributed by atoms with Gasteiger partial charge in [-0.3, -0.25) is 15.2 Å². The van der Waals surface area contributed by atoms with Crippen LogP contribution in [0.5, 0.6) is 0 Å². The lowest BCUT2D eigenvalue weighted by molar-refractivity contribution is -0.121. The van der Waals surface area contributed by atoms with Crippen molar-refractivity contribution in [3.05, 3.63) is 0 Å². The molecule has 0 aromatic rings. The molecule has 84 valence electrons. The third kappa shape index (κ3) is 6.82. The Kier molecular flexibility index (Phi) is 7.37. The molecule has 0 bridgehead atoms. The molecule has 4 N–H and O–H groups in total. The summed E-state index contributed by atoms with van der Waals surface area (Å²) in [6, 6.07) is 0.0156. The van der Waals surface area contributed by atoms with E-state index in [0.717, 1.165) is 13.0 Å². The average molecular weight is 202 g/mol. The van der Waals surface area contributed by atoms with Gasteiger partial charge in [0.2, 0.25) is 5.91 Å². The minimum atomic E-state index is 0.0156. The molecule has 1 unspecified atom stereocenters. The van der Waals surface area contributed by atoms with Gasteiger partial charge >= 0.3 is 0 Å². The fourth-order valence-corrected chi connectivity index (χ4v) is 1.11. The molecule has 0 spiro atoms. The van der Waals surface area contributed by atoms with Gasteiger partial charge < -0.3 is 11.1 Å². The predicted octanol–water partition coefficient (Wildman–Crippen LogP) is -0.704. The molecule has 1 atom stereocenters. The second-order valence-corrected chi connectivity index (χ2v) is 3.51. The Morgan fingerprint density at radius 2 is 2.14 bits per heavy atom. The summed E-state index contributed by atoms with van der Waals surface area (Å²) < 4.78 is 0. The fourth-order valence-electron chi connectivity index (χ4n) is 1.11. The van der Waals surface area contributed by atoms with Gasteiger partial charge in [0, 0.05) is 39.6 Å². The Bertz CT molecular complexity index is 161. The monoisotopic (exact) mass is 202 g/mol. The quantitative estimate of drug-likeness (QED) is 0.477. The zero-order valence-electron chi connectivity index (χ0n) is 9.34. The van der Waals surface area contributed by atoms with Crippen molar-refractivity contribution in [2.75, 3.05) is 27.2 Å². The Hall–Kier alpha value is -0.650. The summed E-state index contributed by atoms with van der Waals surface area (Å²) >= 11 is 0. The van der Waals surface area contributed by atoms with Gasteiger partial charge in [0.25, 0.3) is 0 Å². The van der Waals surface area contributed by atoms with Gasteiger partial charge in [0.1, 0.15) is 0 Å². The predicted molar refractivity (Wildman–Crippen MR) is 57.6 cm³/mol. The van der Waals surface area contributed by atoms with Crippen LogP contribution in [0.15, 0.2) is 0 Å². The summed E-state index contributed by atoms with van der Waals surface area (Å²) in [6.45, 7) is 3.22.